The number of aliphatic hydroxyl groups excluding tert-OH is 2. The minimum atomic E-state index is -5.12. The molecule has 1 fully saturated rings. The van der Waals surface area contributed by atoms with Crippen LogP contribution >= 0.6 is 0 Å². The molecule has 31 heavy (non-hydrogen) atoms. The summed E-state index contributed by atoms with van der Waals surface area (Å²) in [5, 5.41) is 21.7. The first-order chi connectivity index (χ1) is 14.8. The predicted molar refractivity (Wildman–Crippen MR) is 108 cm³/mol. The highest BCUT2D eigenvalue weighted by Crippen LogP contribution is 2.26. The first-order valence-electron chi connectivity index (χ1n) is 10.9. The Labute approximate surface area is 181 Å². The summed E-state index contributed by atoms with van der Waals surface area (Å²) in [6.07, 6.45) is -0.498. The first kappa shape index (κ1) is 27.8. The fourth-order valence-electron chi connectivity index (χ4n) is 3.41. The first-order valence-corrected chi connectivity index (χ1v) is 10.9. The smallest absolute Gasteiger partial charge is 0.394 e. The van der Waals surface area contributed by atoms with Crippen molar-refractivity contribution in [3.05, 3.63) is 12.7 Å². The van der Waals surface area contributed by atoms with Gasteiger partial charge in [0, 0.05) is 6.61 Å². The topological polar surface area (TPSA) is 97.2 Å². The molecule has 1 aliphatic rings. The van der Waals surface area contributed by atoms with Gasteiger partial charge < -0.3 is 29.7 Å². The summed E-state index contributed by atoms with van der Waals surface area (Å²) >= 11 is 0. The minimum Gasteiger partial charge on any atom is -0.394 e. The molecule has 1 saturated heterocycles. The van der Waals surface area contributed by atoms with Gasteiger partial charge in [0.2, 0.25) is 0 Å². The molecule has 0 aromatic carbocycles. The monoisotopic (exact) mass is 455 g/mol. The van der Waals surface area contributed by atoms with Crippen LogP contribution in [0.15, 0.2) is 12.7 Å². The Morgan fingerprint density at radius 3 is 2.29 bits per heavy atom. The van der Waals surface area contributed by atoms with E-state index in [1.807, 2.05) is 5.32 Å². The second kappa shape index (κ2) is 14.8. The summed E-state index contributed by atoms with van der Waals surface area (Å²) in [5.74, 6) is -2.19. The highest BCUT2D eigenvalue weighted by molar-refractivity contribution is 5.82. The van der Waals surface area contributed by atoms with Gasteiger partial charge in [0.25, 0.3) is 0 Å². The molecule has 0 aromatic heterocycles. The summed E-state index contributed by atoms with van der Waals surface area (Å²) in [6, 6.07) is -1.42. The largest absolute Gasteiger partial charge is 0.471 e. The van der Waals surface area contributed by atoms with Crippen molar-refractivity contribution >= 4 is 5.91 Å². The third-order valence-corrected chi connectivity index (χ3v) is 5.10. The summed E-state index contributed by atoms with van der Waals surface area (Å²) in [4.78, 5) is 11.5. The van der Waals surface area contributed by atoms with E-state index in [9.17, 15) is 28.2 Å². The van der Waals surface area contributed by atoms with E-state index in [1.54, 1.807) is 0 Å². The number of alkyl halides is 3. The van der Waals surface area contributed by atoms with E-state index in [4.69, 9.17) is 14.2 Å². The van der Waals surface area contributed by atoms with Gasteiger partial charge in [-0.1, -0.05) is 57.9 Å². The van der Waals surface area contributed by atoms with E-state index >= 15 is 0 Å². The van der Waals surface area contributed by atoms with E-state index in [2.05, 4.69) is 13.5 Å². The van der Waals surface area contributed by atoms with Gasteiger partial charge in [-0.05, 0) is 6.42 Å². The number of carbonyl (C=O) groups excluding carboxylic acids is 1. The lowest BCUT2D eigenvalue weighted by molar-refractivity contribution is -0.276. The van der Waals surface area contributed by atoms with Crippen LogP contribution < -0.4 is 5.32 Å². The molecule has 182 valence electrons. The van der Waals surface area contributed by atoms with Crippen molar-refractivity contribution in [2.24, 2.45) is 0 Å². The Morgan fingerprint density at radius 2 is 1.74 bits per heavy atom. The number of rotatable bonds is 15. The Bertz CT molecular complexity index is 520. The maximum absolute atomic E-state index is 12.8. The number of halogens is 3. The van der Waals surface area contributed by atoms with Crippen LogP contribution in [0.25, 0.3) is 0 Å². The van der Waals surface area contributed by atoms with Crippen LogP contribution in [0.2, 0.25) is 0 Å². The van der Waals surface area contributed by atoms with Gasteiger partial charge in [-0.25, -0.2) is 0 Å². The number of aliphatic hydroxyl groups is 2. The quantitative estimate of drug-likeness (QED) is 0.260. The zero-order valence-electron chi connectivity index (χ0n) is 18.1. The van der Waals surface area contributed by atoms with Crippen LogP contribution in [0.1, 0.15) is 58.3 Å². The molecule has 0 aromatic rings. The number of nitrogens with one attached hydrogen (secondary N) is 1. The van der Waals surface area contributed by atoms with Gasteiger partial charge in [-0.3, -0.25) is 4.79 Å². The number of hydrogen-bond acceptors (Lipinski definition) is 6. The highest BCUT2D eigenvalue weighted by Gasteiger charge is 2.50. The van der Waals surface area contributed by atoms with Crippen molar-refractivity contribution < 1.29 is 42.4 Å². The highest BCUT2D eigenvalue weighted by atomic mass is 19.4. The molecule has 5 unspecified atom stereocenters. The molecule has 3 N–H and O–H groups in total. The summed E-state index contributed by atoms with van der Waals surface area (Å²) in [5.41, 5.74) is 0. The van der Waals surface area contributed by atoms with Gasteiger partial charge >= 0.3 is 12.1 Å². The maximum Gasteiger partial charge on any atom is 0.471 e. The molecular weight excluding hydrogens is 419 g/mol. The maximum atomic E-state index is 12.8. The Balaban J connectivity index is 2.71. The van der Waals surface area contributed by atoms with Gasteiger partial charge in [0.15, 0.2) is 6.29 Å². The van der Waals surface area contributed by atoms with Gasteiger partial charge in [0.1, 0.15) is 24.4 Å². The van der Waals surface area contributed by atoms with E-state index in [0.29, 0.717) is 6.42 Å². The van der Waals surface area contributed by atoms with Crippen molar-refractivity contribution in [3.8, 4) is 0 Å². The third-order valence-electron chi connectivity index (χ3n) is 5.10. The van der Waals surface area contributed by atoms with Crippen molar-refractivity contribution in [3.63, 3.8) is 0 Å². The van der Waals surface area contributed by atoms with Crippen LogP contribution in [-0.2, 0) is 19.0 Å². The predicted octanol–water partition coefficient (Wildman–Crippen LogP) is 2.84. The Morgan fingerprint density at radius 1 is 1.13 bits per heavy atom. The number of unbranched alkanes of at least 4 members (excludes halogenated alkanes) is 7. The van der Waals surface area contributed by atoms with Crippen molar-refractivity contribution in [1.29, 1.82) is 0 Å². The number of hydrogen-bond donors (Lipinski definition) is 3. The molecule has 0 bridgehead atoms. The van der Waals surface area contributed by atoms with E-state index < -0.39 is 49.3 Å². The molecule has 0 aliphatic carbocycles. The number of ether oxygens (including phenoxy) is 3. The average Bonchev–Trinajstić information content (AvgIpc) is 2.72. The lowest BCUT2D eigenvalue weighted by Crippen LogP contribution is -2.66. The molecule has 1 rings (SSSR count). The van der Waals surface area contributed by atoms with Crippen LogP contribution in [0.5, 0.6) is 0 Å². The molecule has 1 amide bonds. The molecule has 0 spiro atoms. The molecule has 1 aliphatic heterocycles. The molecule has 5 atom stereocenters. The molecule has 10 heteroatoms. The molecule has 0 saturated carbocycles. The summed E-state index contributed by atoms with van der Waals surface area (Å²) in [6.45, 7) is 5.14. The van der Waals surface area contributed by atoms with Gasteiger partial charge in [-0.15, -0.1) is 6.58 Å². The van der Waals surface area contributed by atoms with E-state index in [-0.39, 0.29) is 13.2 Å². The molecule has 7 nitrogen and oxygen atoms in total. The number of amides is 1. The second-order valence-electron chi connectivity index (χ2n) is 7.65. The van der Waals surface area contributed by atoms with Gasteiger partial charge in [0.05, 0.1) is 13.2 Å². The normalized spacial score (nSPS) is 26.6. The molecule has 1 heterocycles. The van der Waals surface area contributed by atoms with Gasteiger partial charge in [-0.2, -0.15) is 13.2 Å². The van der Waals surface area contributed by atoms with Crippen LogP contribution in [-0.4, -0.2) is 72.8 Å². The molecule has 0 radical (unpaired) electrons. The standard InChI is InChI=1S/C21H36F3NO6/c1-3-5-6-7-8-9-10-11-13-29-18-16(25-20(28)21(22,23)24)19(30-12-4-2)31-15(14-26)17(18)27/h4,15-19,26-27H,2-3,5-14H2,1H3,(H,25,28). The van der Waals surface area contributed by atoms with Crippen molar-refractivity contribution in [2.45, 2.75) is 95.1 Å². The van der Waals surface area contributed by atoms with E-state index in [0.717, 1.165) is 19.3 Å². The number of carbonyl (C=O) groups is 1. The average molecular weight is 456 g/mol. The lowest BCUT2D eigenvalue weighted by atomic mass is 9.96. The second-order valence-corrected chi connectivity index (χ2v) is 7.65. The fraction of sp³-hybridized carbons (Fsp3) is 0.857. The summed E-state index contributed by atoms with van der Waals surface area (Å²) < 4.78 is 54.8. The summed E-state index contributed by atoms with van der Waals surface area (Å²) in [7, 11) is 0. The Kier molecular flexibility index (Phi) is 13.3. The third kappa shape index (κ3) is 9.86. The zero-order valence-corrected chi connectivity index (χ0v) is 18.1. The van der Waals surface area contributed by atoms with Crippen LogP contribution in [0.4, 0.5) is 13.2 Å². The molecular formula is C21H36F3NO6. The van der Waals surface area contributed by atoms with Crippen molar-refractivity contribution in [1.82, 2.24) is 5.32 Å². The van der Waals surface area contributed by atoms with Crippen LogP contribution in [0.3, 0.4) is 0 Å². The van der Waals surface area contributed by atoms with Crippen molar-refractivity contribution in [2.75, 3.05) is 19.8 Å². The van der Waals surface area contributed by atoms with E-state index in [1.165, 1.54) is 31.8 Å². The zero-order chi connectivity index (χ0) is 23.3. The minimum absolute atomic E-state index is 0.0674. The fourth-order valence-corrected chi connectivity index (χ4v) is 3.41. The van der Waals surface area contributed by atoms with Crippen LogP contribution in [0, 0.1) is 0 Å². The SMILES string of the molecule is C=CCOC1OC(CO)C(O)C(OCCCCCCCCCC)C1NC(=O)C(F)(F)F. The Hall–Kier alpha value is -1.20. The lowest BCUT2D eigenvalue weighted by Gasteiger charge is -2.44.